The molecule has 0 radical (unpaired) electrons. The number of hydrogen-bond acceptors (Lipinski definition) is 3. The van der Waals surface area contributed by atoms with Crippen LogP contribution in [-0.4, -0.2) is 5.11 Å². The van der Waals surface area contributed by atoms with Crippen molar-refractivity contribution < 1.29 is 5.11 Å². The lowest BCUT2D eigenvalue weighted by Crippen LogP contribution is -2.10. The summed E-state index contributed by atoms with van der Waals surface area (Å²) in [6, 6.07) is 5.77. The highest BCUT2D eigenvalue weighted by molar-refractivity contribution is 6.43. The summed E-state index contributed by atoms with van der Waals surface area (Å²) in [6.07, 6.45) is 0. The summed E-state index contributed by atoms with van der Waals surface area (Å²) in [6.45, 7) is 0. The van der Waals surface area contributed by atoms with E-state index in [9.17, 15) is 9.90 Å². The van der Waals surface area contributed by atoms with Crippen LogP contribution in [0.1, 0.15) is 0 Å². The summed E-state index contributed by atoms with van der Waals surface area (Å²) in [7, 11) is 0. The molecule has 0 amide bonds. The number of rotatable bonds is 0. The summed E-state index contributed by atoms with van der Waals surface area (Å²) in [5, 5.41) is 21.0. The molecule has 0 aromatic heterocycles. The van der Waals surface area contributed by atoms with E-state index in [-0.39, 0.29) is 26.6 Å². The Morgan fingerprint density at radius 1 is 0.864 bits per heavy atom. The summed E-state index contributed by atoms with van der Waals surface area (Å²) in [5.41, 5.74) is 0.773. The Labute approximate surface area is 138 Å². The van der Waals surface area contributed by atoms with Gasteiger partial charge in [0.25, 0.3) is 0 Å². The Hall–Kier alpha value is -1.81. The molecule has 2 aromatic rings. The van der Waals surface area contributed by atoms with Gasteiger partial charge in [0.15, 0.2) is 5.43 Å². The molecule has 2 N–H and O–H groups in total. The lowest BCUT2D eigenvalue weighted by atomic mass is 9.88. The van der Waals surface area contributed by atoms with Crippen LogP contribution in [0.15, 0.2) is 29.1 Å². The zero-order chi connectivity index (χ0) is 15.8. The van der Waals surface area contributed by atoms with Gasteiger partial charge in [-0.25, -0.2) is 0 Å². The number of hydrogen-bond donors (Lipinski definition) is 2. The molecule has 0 spiro atoms. The van der Waals surface area contributed by atoms with E-state index in [4.69, 9.17) is 40.2 Å². The van der Waals surface area contributed by atoms with Crippen molar-refractivity contribution in [2.24, 2.45) is 0 Å². The van der Waals surface area contributed by atoms with Crippen LogP contribution in [0, 0.1) is 5.41 Å². The molecule has 0 saturated heterocycles. The van der Waals surface area contributed by atoms with E-state index in [1.807, 2.05) is 0 Å². The van der Waals surface area contributed by atoms with E-state index in [2.05, 4.69) is 0 Å². The number of benzene rings is 4. The van der Waals surface area contributed by atoms with Crippen molar-refractivity contribution in [3.63, 3.8) is 0 Å². The second kappa shape index (κ2) is 4.35. The molecule has 0 aliphatic heterocycles. The van der Waals surface area contributed by atoms with E-state index in [1.165, 1.54) is 18.2 Å². The van der Waals surface area contributed by atoms with Crippen molar-refractivity contribution in [1.82, 2.24) is 0 Å². The van der Waals surface area contributed by atoms with Gasteiger partial charge in [-0.05, 0) is 18.2 Å². The third-order valence-corrected chi connectivity index (χ3v) is 4.82. The van der Waals surface area contributed by atoms with Crippen LogP contribution >= 0.6 is 34.8 Å². The van der Waals surface area contributed by atoms with Crippen molar-refractivity contribution in [3.8, 4) is 16.9 Å². The maximum Gasteiger partial charge on any atom is 0.189 e. The summed E-state index contributed by atoms with van der Waals surface area (Å²) in [4.78, 5) is 12.3. The largest absolute Gasteiger partial charge is 0.507 e. The number of phenolic OH excluding ortho intramolecular Hbond substituents is 1. The number of phenols is 1. The molecule has 2 aliphatic rings. The normalized spacial score (nSPS) is 12.0. The average molecular weight is 351 g/mol. The summed E-state index contributed by atoms with van der Waals surface area (Å²) in [5.74, 6) is -0.111. The molecule has 0 atom stereocenters. The highest BCUT2D eigenvalue weighted by Gasteiger charge is 2.24. The molecule has 0 saturated carbocycles. The first-order chi connectivity index (χ1) is 10.4. The average Bonchev–Trinajstić information content (AvgIpc) is 2.43. The lowest BCUT2D eigenvalue weighted by Gasteiger charge is -2.18. The van der Waals surface area contributed by atoms with E-state index < -0.39 is 0 Å². The smallest absolute Gasteiger partial charge is 0.189 e. The topological polar surface area (TPSA) is 61.2 Å². The molecule has 2 aromatic carbocycles. The van der Waals surface area contributed by atoms with Crippen molar-refractivity contribution in [1.29, 1.82) is 5.41 Å². The highest BCUT2D eigenvalue weighted by Crippen LogP contribution is 2.46. The van der Waals surface area contributed by atoms with Gasteiger partial charge in [0, 0.05) is 38.7 Å². The maximum atomic E-state index is 12.3. The standard InChI is InChI=1S/C16H6Cl3NO2/c17-7-4-12(22)16-10(20)2-6-8(18)3-11(21)15-9(19)1-5(7)14(16)13(6)15/h1-4,20,22H. The van der Waals surface area contributed by atoms with Crippen LogP contribution in [0.3, 0.4) is 0 Å². The molecule has 4 rings (SSSR count). The molecule has 0 unspecified atom stereocenters. The Bertz CT molecular complexity index is 1160. The molecule has 2 aliphatic carbocycles. The van der Waals surface area contributed by atoms with Crippen LogP contribution in [0.5, 0.6) is 5.75 Å². The van der Waals surface area contributed by atoms with E-state index >= 15 is 0 Å². The predicted molar refractivity (Wildman–Crippen MR) is 89.3 cm³/mol. The Kier molecular flexibility index (Phi) is 2.74. The van der Waals surface area contributed by atoms with Crippen LogP contribution < -0.4 is 10.8 Å². The molecular weight excluding hydrogens is 345 g/mol. The monoisotopic (exact) mass is 349 g/mol. The quantitative estimate of drug-likeness (QED) is 0.459. The minimum absolute atomic E-state index is 0.107. The molecule has 22 heavy (non-hydrogen) atoms. The van der Waals surface area contributed by atoms with Gasteiger partial charge in [-0.3, -0.25) is 4.79 Å². The zero-order valence-corrected chi connectivity index (χ0v) is 13.1. The lowest BCUT2D eigenvalue weighted by molar-refractivity contribution is 0.481. The van der Waals surface area contributed by atoms with Gasteiger partial charge >= 0.3 is 0 Å². The molecule has 0 fully saturated rings. The van der Waals surface area contributed by atoms with Gasteiger partial charge < -0.3 is 10.5 Å². The molecular formula is C16H6Cl3NO2. The van der Waals surface area contributed by atoms with Gasteiger partial charge in [-0.2, -0.15) is 0 Å². The van der Waals surface area contributed by atoms with Crippen molar-refractivity contribution in [2.45, 2.75) is 0 Å². The Morgan fingerprint density at radius 2 is 1.59 bits per heavy atom. The fraction of sp³-hybridized carbons (Fsp3) is 0. The van der Waals surface area contributed by atoms with Crippen LogP contribution in [0.2, 0.25) is 15.1 Å². The first-order valence-electron chi connectivity index (χ1n) is 6.30. The molecule has 0 bridgehead atoms. The van der Waals surface area contributed by atoms with Crippen molar-refractivity contribution >= 4 is 56.3 Å². The summed E-state index contributed by atoms with van der Waals surface area (Å²) >= 11 is 18.6. The third-order valence-electron chi connectivity index (χ3n) is 3.89. The van der Waals surface area contributed by atoms with E-state index in [0.29, 0.717) is 37.7 Å². The van der Waals surface area contributed by atoms with Gasteiger partial charge in [0.2, 0.25) is 0 Å². The predicted octanol–water partition coefficient (Wildman–Crippen LogP) is 4.48. The second-order valence-corrected chi connectivity index (χ2v) is 6.33. The highest BCUT2D eigenvalue weighted by atomic mass is 35.5. The molecule has 108 valence electrons. The third kappa shape index (κ3) is 1.59. The number of nitrogens with one attached hydrogen (secondary N) is 1. The van der Waals surface area contributed by atoms with Crippen LogP contribution in [0.4, 0.5) is 0 Å². The minimum Gasteiger partial charge on any atom is -0.507 e. The van der Waals surface area contributed by atoms with Crippen LogP contribution in [0.25, 0.3) is 32.7 Å². The molecule has 3 nitrogen and oxygen atoms in total. The van der Waals surface area contributed by atoms with E-state index in [1.54, 1.807) is 6.07 Å². The number of halogens is 3. The number of aromatic hydroxyl groups is 1. The first kappa shape index (κ1) is 13.8. The Balaban J connectivity index is 2.55. The SMILES string of the molecule is N=c1cc2c(Cl)cc(=O)c3c(Cl)cc4c(Cl)cc(O)c1c4c3-2. The molecule has 0 heterocycles. The first-order valence-corrected chi connectivity index (χ1v) is 7.44. The maximum absolute atomic E-state index is 12.3. The van der Waals surface area contributed by atoms with Gasteiger partial charge in [0.05, 0.1) is 20.4 Å². The fourth-order valence-electron chi connectivity index (χ4n) is 3.02. The van der Waals surface area contributed by atoms with Gasteiger partial charge in [-0.1, -0.05) is 34.8 Å². The van der Waals surface area contributed by atoms with E-state index in [0.717, 1.165) is 0 Å². The fourth-order valence-corrected chi connectivity index (χ4v) is 3.82. The molecule has 6 heteroatoms. The minimum atomic E-state index is -0.303. The van der Waals surface area contributed by atoms with Crippen LogP contribution in [-0.2, 0) is 0 Å². The van der Waals surface area contributed by atoms with Gasteiger partial charge in [0.1, 0.15) is 5.75 Å². The van der Waals surface area contributed by atoms with Crippen molar-refractivity contribution in [2.75, 3.05) is 0 Å². The van der Waals surface area contributed by atoms with Gasteiger partial charge in [-0.15, -0.1) is 0 Å². The summed E-state index contributed by atoms with van der Waals surface area (Å²) < 4.78 is 0. The second-order valence-electron chi connectivity index (χ2n) is 5.11. The Morgan fingerprint density at radius 3 is 2.32 bits per heavy atom. The zero-order valence-electron chi connectivity index (χ0n) is 10.8. The van der Waals surface area contributed by atoms with Crippen molar-refractivity contribution in [3.05, 3.63) is 54.9 Å².